The molecule has 1 N–H and O–H groups in total. The van der Waals surface area contributed by atoms with Gasteiger partial charge in [0.25, 0.3) is 0 Å². The van der Waals surface area contributed by atoms with Crippen molar-refractivity contribution in [3.8, 4) is 0 Å². The van der Waals surface area contributed by atoms with E-state index in [0.29, 0.717) is 13.1 Å². The van der Waals surface area contributed by atoms with E-state index in [2.05, 4.69) is 0 Å². The summed E-state index contributed by atoms with van der Waals surface area (Å²) in [4.78, 5) is 13.8. The highest BCUT2D eigenvalue weighted by molar-refractivity contribution is 5.68. The summed E-state index contributed by atoms with van der Waals surface area (Å²) in [6.45, 7) is 7.68. The van der Waals surface area contributed by atoms with Gasteiger partial charge in [0.1, 0.15) is 5.60 Å². The van der Waals surface area contributed by atoms with Gasteiger partial charge in [0.15, 0.2) is 0 Å². The summed E-state index contributed by atoms with van der Waals surface area (Å²) in [5.41, 5.74) is -0.478. The molecule has 0 saturated carbocycles. The zero-order chi connectivity index (χ0) is 14.0. The van der Waals surface area contributed by atoms with Crippen LogP contribution in [0.4, 0.5) is 4.79 Å². The highest BCUT2D eigenvalue weighted by atomic mass is 16.6. The van der Waals surface area contributed by atoms with Crippen molar-refractivity contribution in [1.82, 2.24) is 4.90 Å². The van der Waals surface area contributed by atoms with Crippen LogP contribution in [0, 0.1) is 11.8 Å². The number of likely N-dealkylation sites (tertiary alicyclic amines) is 1. The molecule has 110 valence electrons. The summed E-state index contributed by atoms with van der Waals surface area (Å²) in [6.07, 6.45) is 2.01. The Morgan fingerprint density at radius 2 is 2.16 bits per heavy atom. The minimum absolute atomic E-state index is 0.101. The summed E-state index contributed by atoms with van der Waals surface area (Å²) in [7, 11) is 0. The van der Waals surface area contributed by atoms with Gasteiger partial charge >= 0.3 is 6.09 Å². The molecule has 0 radical (unpaired) electrons. The van der Waals surface area contributed by atoms with E-state index < -0.39 is 5.60 Å². The zero-order valence-electron chi connectivity index (χ0n) is 12.1. The first-order valence-corrected chi connectivity index (χ1v) is 7.11. The van der Waals surface area contributed by atoms with E-state index in [4.69, 9.17) is 9.47 Å². The maximum atomic E-state index is 12.1. The minimum Gasteiger partial charge on any atom is -0.444 e. The van der Waals surface area contributed by atoms with Crippen LogP contribution in [0.1, 0.15) is 33.6 Å². The minimum atomic E-state index is -0.478. The topological polar surface area (TPSA) is 59.0 Å². The lowest BCUT2D eigenvalue weighted by molar-refractivity contribution is 0.0246. The van der Waals surface area contributed by atoms with Gasteiger partial charge in [-0.1, -0.05) is 0 Å². The molecule has 0 aliphatic carbocycles. The predicted octanol–water partition coefficient (Wildman–Crippen LogP) is 1.64. The number of hydrogen-bond acceptors (Lipinski definition) is 4. The van der Waals surface area contributed by atoms with Crippen molar-refractivity contribution in [3.63, 3.8) is 0 Å². The van der Waals surface area contributed by atoms with Gasteiger partial charge in [-0.3, -0.25) is 0 Å². The van der Waals surface area contributed by atoms with E-state index in [1.165, 1.54) is 0 Å². The van der Waals surface area contributed by atoms with E-state index in [1.807, 2.05) is 20.8 Å². The van der Waals surface area contributed by atoms with Crippen LogP contribution in [0.2, 0.25) is 0 Å². The molecule has 5 nitrogen and oxygen atoms in total. The number of nitrogens with zero attached hydrogens (tertiary/aromatic N) is 1. The Labute approximate surface area is 114 Å². The molecule has 0 bridgehead atoms. The quantitative estimate of drug-likeness (QED) is 0.829. The van der Waals surface area contributed by atoms with Crippen LogP contribution in [-0.2, 0) is 9.47 Å². The van der Waals surface area contributed by atoms with Crippen LogP contribution in [0.15, 0.2) is 0 Å². The fourth-order valence-electron chi connectivity index (χ4n) is 2.93. The predicted molar refractivity (Wildman–Crippen MR) is 70.8 cm³/mol. The summed E-state index contributed by atoms with van der Waals surface area (Å²) in [6, 6.07) is 0. The highest BCUT2D eigenvalue weighted by Crippen LogP contribution is 2.33. The average molecular weight is 271 g/mol. The third-order valence-corrected chi connectivity index (χ3v) is 3.82. The van der Waals surface area contributed by atoms with Crippen molar-refractivity contribution in [1.29, 1.82) is 0 Å². The Morgan fingerprint density at radius 1 is 1.42 bits per heavy atom. The maximum Gasteiger partial charge on any atom is 0.410 e. The van der Waals surface area contributed by atoms with Gasteiger partial charge < -0.3 is 19.5 Å². The number of rotatable bonds is 2. The lowest BCUT2D eigenvalue weighted by Crippen LogP contribution is -2.36. The lowest BCUT2D eigenvalue weighted by Gasteiger charge is -2.25. The standard InChI is InChI=1S/C14H25NO4/c1-14(2,3)19-13(17)15-7-10(9-16)11(8-15)12-5-4-6-18-12/h10-12,16H,4-9H2,1-3H3. The SMILES string of the molecule is CC(C)(C)OC(=O)N1CC(CO)C(C2CCCO2)C1. The van der Waals surface area contributed by atoms with E-state index in [0.717, 1.165) is 19.4 Å². The molecule has 19 heavy (non-hydrogen) atoms. The summed E-state index contributed by atoms with van der Waals surface area (Å²) in [5.74, 6) is 0.343. The largest absolute Gasteiger partial charge is 0.444 e. The van der Waals surface area contributed by atoms with Crippen LogP contribution in [0.25, 0.3) is 0 Å². The smallest absolute Gasteiger partial charge is 0.410 e. The molecular formula is C14H25NO4. The van der Waals surface area contributed by atoms with Gasteiger partial charge in [0.05, 0.1) is 6.10 Å². The molecule has 3 unspecified atom stereocenters. The van der Waals surface area contributed by atoms with Crippen molar-refractivity contribution < 1.29 is 19.4 Å². The molecule has 3 atom stereocenters. The van der Waals surface area contributed by atoms with Crippen molar-refractivity contribution >= 4 is 6.09 Å². The molecule has 5 heteroatoms. The molecular weight excluding hydrogens is 246 g/mol. The number of aliphatic hydroxyl groups is 1. The Balaban J connectivity index is 1.96. The molecule has 2 aliphatic heterocycles. The fourth-order valence-corrected chi connectivity index (χ4v) is 2.93. The van der Waals surface area contributed by atoms with E-state index in [1.54, 1.807) is 4.90 Å². The second kappa shape index (κ2) is 5.67. The summed E-state index contributed by atoms with van der Waals surface area (Å²) < 4.78 is 11.1. The molecule has 2 heterocycles. The molecule has 1 amide bonds. The number of aliphatic hydroxyl groups excluding tert-OH is 1. The van der Waals surface area contributed by atoms with E-state index >= 15 is 0 Å². The number of amides is 1. The molecule has 0 aromatic carbocycles. The maximum absolute atomic E-state index is 12.1. The molecule has 0 aromatic heterocycles. The molecule has 2 fully saturated rings. The van der Waals surface area contributed by atoms with Crippen LogP contribution < -0.4 is 0 Å². The van der Waals surface area contributed by atoms with Crippen molar-refractivity contribution in [2.75, 3.05) is 26.3 Å². The normalized spacial score (nSPS) is 31.8. The van der Waals surface area contributed by atoms with Crippen LogP contribution in [-0.4, -0.2) is 54.1 Å². The Kier molecular flexibility index (Phi) is 4.36. The molecule has 2 rings (SSSR count). The van der Waals surface area contributed by atoms with Gasteiger partial charge in [0.2, 0.25) is 0 Å². The van der Waals surface area contributed by atoms with Crippen LogP contribution in [0.3, 0.4) is 0 Å². The summed E-state index contributed by atoms with van der Waals surface area (Å²) in [5, 5.41) is 9.49. The Bertz CT molecular complexity index is 320. The van der Waals surface area contributed by atoms with Crippen molar-refractivity contribution in [2.24, 2.45) is 11.8 Å². The van der Waals surface area contributed by atoms with Gasteiger partial charge in [-0.2, -0.15) is 0 Å². The lowest BCUT2D eigenvalue weighted by atomic mass is 9.90. The van der Waals surface area contributed by atoms with E-state index in [9.17, 15) is 9.90 Å². The molecule has 0 aromatic rings. The average Bonchev–Trinajstić information content (AvgIpc) is 2.95. The molecule has 0 spiro atoms. The number of ether oxygens (including phenoxy) is 2. The van der Waals surface area contributed by atoms with Crippen molar-refractivity contribution in [3.05, 3.63) is 0 Å². The van der Waals surface area contributed by atoms with Gasteiger partial charge in [-0.15, -0.1) is 0 Å². The fraction of sp³-hybridized carbons (Fsp3) is 0.929. The van der Waals surface area contributed by atoms with E-state index in [-0.39, 0.29) is 30.6 Å². The molecule has 2 aliphatic rings. The third-order valence-electron chi connectivity index (χ3n) is 3.82. The van der Waals surface area contributed by atoms with Gasteiger partial charge in [-0.25, -0.2) is 4.79 Å². The Morgan fingerprint density at radius 3 is 2.68 bits per heavy atom. The highest BCUT2D eigenvalue weighted by Gasteiger charge is 2.42. The number of hydrogen-bond donors (Lipinski definition) is 1. The first-order chi connectivity index (χ1) is 8.90. The van der Waals surface area contributed by atoms with Gasteiger partial charge in [0, 0.05) is 38.1 Å². The second-order valence-electron chi connectivity index (χ2n) is 6.54. The monoisotopic (exact) mass is 271 g/mol. The molecule has 2 saturated heterocycles. The second-order valence-corrected chi connectivity index (χ2v) is 6.54. The first-order valence-electron chi connectivity index (χ1n) is 7.11. The number of carbonyl (C=O) groups excluding carboxylic acids is 1. The number of carbonyl (C=O) groups is 1. The van der Waals surface area contributed by atoms with Gasteiger partial charge in [-0.05, 0) is 33.6 Å². The third kappa shape index (κ3) is 3.60. The van der Waals surface area contributed by atoms with Crippen molar-refractivity contribution in [2.45, 2.75) is 45.3 Å². The Hall–Kier alpha value is -0.810. The van der Waals surface area contributed by atoms with Crippen LogP contribution in [0.5, 0.6) is 0 Å². The van der Waals surface area contributed by atoms with Crippen LogP contribution >= 0.6 is 0 Å². The summed E-state index contributed by atoms with van der Waals surface area (Å²) >= 11 is 0. The zero-order valence-corrected chi connectivity index (χ0v) is 12.1. The first kappa shape index (κ1) is 14.6.